The molecule has 0 fully saturated rings. The molecule has 10 nitrogen and oxygen atoms in total. The van der Waals surface area contributed by atoms with Crippen LogP contribution in [-0.2, 0) is 17.7 Å². The molecule has 2 heterocycles. The number of nitrogens with zero attached hydrogens (tertiary/aromatic N) is 6. The average Bonchev–Trinajstić information content (AvgIpc) is 3.61. The van der Waals surface area contributed by atoms with Gasteiger partial charge in [-0.2, -0.15) is 9.90 Å². The highest BCUT2D eigenvalue weighted by atomic mass is 16.5. The first-order valence-corrected chi connectivity index (χ1v) is 12.4. The van der Waals surface area contributed by atoms with Gasteiger partial charge in [0.15, 0.2) is 0 Å². The van der Waals surface area contributed by atoms with E-state index in [1.807, 2.05) is 48.5 Å². The predicted octanol–water partition coefficient (Wildman–Crippen LogP) is 4.06. The van der Waals surface area contributed by atoms with Crippen molar-refractivity contribution in [1.82, 2.24) is 35.0 Å². The summed E-state index contributed by atoms with van der Waals surface area (Å²) in [5, 5.41) is 19.0. The van der Waals surface area contributed by atoms with Crippen molar-refractivity contribution < 1.29 is 9.53 Å². The molecule has 0 saturated heterocycles. The van der Waals surface area contributed by atoms with Gasteiger partial charge < -0.3 is 4.74 Å². The zero-order valence-electron chi connectivity index (χ0n) is 21.2. The minimum atomic E-state index is -0.520. The van der Waals surface area contributed by atoms with Gasteiger partial charge in [-0.05, 0) is 40.5 Å². The Morgan fingerprint density at radius 1 is 0.974 bits per heavy atom. The molecule has 10 heteroatoms. The lowest BCUT2D eigenvalue weighted by Crippen LogP contribution is -2.26. The molecule has 3 aromatic carbocycles. The van der Waals surface area contributed by atoms with Crippen molar-refractivity contribution in [2.45, 2.75) is 32.7 Å². The number of carbonyl (C=O) groups excluding carboxylic acids is 1. The van der Waals surface area contributed by atoms with E-state index < -0.39 is 5.97 Å². The van der Waals surface area contributed by atoms with Gasteiger partial charge in [-0.25, -0.2) is 9.59 Å². The molecule has 0 aliphatic heterocycles. The Morgan fingerprint density at radius 2 is 1.71 bits per heavy atom. The zero-order valence-corrected chi connectivity index (χ0v) is 21.2. The van der Waals surface area contributed by atoms with Crippen molar-refractivity contribution >= 4 is 5.97 Å². The summed E-state index contributed by atoms with van der Waals surface area (Å²) in [6.45, 7) is 2.45. The largest absolute Gasteiger partial charge is 0.465 e. The maximum Gasteiger partial charge on any atom is 0.351 e. The number of para-hydroxylation sites is 1. The summed E-state index contributed by atoms with van der Waals surface area (Å²) in [5.41, 5.74) is 4.18. The Hall–Kier alpha value is -4.86. The molecule has 0 saturated carbocycles. The van der Waals surface area contributed by atoms with Crippen LogP contribution >= 0.6 is 0 Å². The smallest absolute Gasteiger partial charge is 0.351 e. The number of rotatable bonds is 9. The van der Waals surface area contributed by atoms with E-state index >= 15 is 0 Å². The van der Waals surface area contributed by atoms with E-state index in [1.54, 1.807) is 28.8 Å². The molecular formula is C28H27N7O3. The maximum atomic E-state index is 13.6. The first-order valence-electron chi connectivity index (χ1n) is 12.4. The Labute approximate surface area is 218 Å². The van der Waals surface area contributed by atoms with E-state index in [1.165, 1.54) is 11.8 Å². The summed E-state index contributed by atoms with van der Waals surface area (Å²) in [6.07, 6.45) is 2.50. The monoisotopic (exact) mass is 509 g/mol. The molecule has 5 rings (SSSR count). The summed E-state index contributed by atoms with van der Waals surface area (Å²) in [6, 6.07) is 22.7. The van der Waals surface area contributed by atoms with E-state index in [-0.39, 0.29) is 11.3 Å². The summed E-state index contributed by atoms with van der Waals surface area (Å²) in [5.74, 6) is 0.674. The number of ether oxygens (including phenoxy) is 1. The van der Waals surface area contributed by atoms with Crippen molar-refractivity contribution in [3.8, 4) is 28.2 Å². The molecule has 2 aromatic heterocycles. The van der Waals surface area contributed by atoms with Crippen molar-refractivity contribution in [1.29, 1.82) is 0 Å². The summed E-state index contributed by atoms with van der Waals surface area (Å²) in [4.78, 5) is 25.9. The summed E-state index contributed by atoms with van der Waals surface area (Å²) < 4.78 is 7.88. The Kier molecular flexibility index (Phi) is 7.21. The fourth-order valence-electron chi connectivity index (χ4n) is 4.39. The molecule has 38 heavy (non-hydrogen) atoms. The second-order valence-corrected chi connectivity index (χ2v) is 8.79. The van der Waals surface area contributed by atoms with Gasteiger partial charge in [-0.15, -0.1) is 15.3 Å². The zero-order chi connectivity index (χ0) is 26.5. The van der Waals surface area contributed by atoms with Crippen molar-refractivity contribution in [2.24, 2.45) is 0 Å². The van der Waals surface area contributed by atoms with Gasteiger partial charge in [0.05, 0.1) is 24.9 Å². The predicted molar refractivity (Wildman–Crippen MR) is 142 cm³/mol. The first kappa shape index (κ1) is 24.8. The number of tetrazole rings is 1. The van der Waals surface area contributed by atoms with Crippen LogP contribution in [-0.4, -0.2) is 48.1 Å². The number of aromatic amines is 1. The van der Waals surface area contributed by atoms with Crippen LogP contribution in [0.25, 0.3) is 28.2 Å². The van der Waals surface area contributed by atoms with Crippen LogP contribution < -0.4 is 5.69 Å². The highest BCUT2D eigenvalue weighted by Crippen LogP contribution is 2.29. The van der Waals surface area contributed by atoms with Crippen LogP contribution in [0.5, 0.6) is 0 Å². The quantitative estimate of drug-likeness (QED) is 0.298. The topological polar surface area (TPSA) is 121 Å². The van der Waals surface area contributed by atoms with Crippen LogP contribution in [0.2, 0.25) is 0 Å². The average molecular weight is 510 g/mol. The fraction of sp³-hybridized carbons (Fsp3) is 0.214. The van der Waals surface area contributed by atoms with Gasteiger partial charge in [0.2, 0.25) is 5.82 Å². The third-order valence-corrected chi connectivity index (χ3v) is 6.35. The minimum Gasteiger partial charge on any atom is -0.465 e. The molecule has 0 aliphatic rings. The molecule has 0 unspecified atom stereocenters. The van der Waals surface area contributed by atoms with Crippen LogP contribution in [0.3, 0.4) is 0 Å². The third kappa shape index (κ3) is 4.88. The number of hydrogen-bond acceptors (Lipinski definition) is 7. The molecule has 1 N–H and O–H groups in total. The second-order valence-electron chi connectivity index (χ2n) is 8.79. The van der Waals surface area contributed by atoms with Crippen LogP contribution in [0.4, 0.5) is 0 Å². The van der Waals surface area contributed by atoms with Crippen LogP contribution in [0, 0.1) is 0 Å². The fourth-order valence-corrected chi connectivity index (χ4v) is 4.39. The van der Waals surface area contributed by atoms with Crippen molar-refractivity contribution in [3.05, 3.63) is 100 Å². The van der Waals surface area contributed by atoms with Crippen LogP contribution in [0.15, 0.2) is 77.6 Å². The summed E-state index contributed by atoms with van der Waals surface area (Å²) in [7, 11) is 1.32. The van der Waals surface area contributed by atoms with E-state index in [0.717, 1.165) is 35.1 Å². The standard InChI is InChI=1S/C28H27N7O3/c1-3-4-13-25-31-35(24-12-8-7-11-23(24)27(36)38-2)28(37)34(25)18-19-14-16-20(17-15-19)21-9-5-6-10-22(21)26-29-32-33-30-26/h5-12,14-17H,3-4,13,18H2,1-2H3,(H,29,30,32,33). The minimum absolute atomic E-state index is 0.286. The van der Waals surface area contributed by atoms with E-state index in [0.29, 0.717) is 30.3 Å². The molecular weight excluding hydrogens is 482 g/mol. The number of unbranched alkanes of at least 4 members (excludes halogenated alkanes) is 1. The molecule has 0 aliphatic carbocycles. The maximum absolute atomic E-state index is 13.6. The highest BCUT2D eigenvalue weighted by Gasteiger charge is 2.20. The number of benzene rings is 3. The molecule has 0 bridgehead atoms. The van der Waals surface area contributed by atoms with Gasteiger partial charge in [0, 0.05) is 12.0 Å². The van der Waals surface area contributed by atoms with E-state index in [2.05, 4.69) is 32.6 Å². The normalized spacial score (nSPS) is 11.0. The molecule has 0 amide bonds. The van der Waals surface area contributed by atoms with Gasteiger partial charge >= 0.3 is 11.7 Å². The number of aryl methyl sites for hydroxylation is 1. The highest BCUT2D eigenvalue weighted by molar-refractivity contribution is 5.93. The Balaban J connectivity index is 1.49. The van der Waals surface area contributed by atoms with E-state index in [9.17, 15) is 9.59 Å². The lowest BCUT2D eigenvalue weighted by atomic mass is 9.98. The lowest BCUT2D eigenvalue weighted by molar-refractivity contribution is 0.0600. The number of nitrogens with one attached hydrogen (secondary N) is 1. The lowest BCUT2D eigenvalue weighted by Gasteiger charge is -2.09. The summed E-state index contributed by atoms with van der Waals surface area (Å²) >= 11 is 0. The van der Waals surface area contributed by atoms with Crippen molar-refractivity contribution in [2.75, 3.05) is 7.11 Å². The van der Waals surface area contributed by atoms with E-state index in [4.69, 9.17) is 4.74 Å². The molecule has 0 radical (unpaired) electrons. The third-order valence-electron chi connectivity index (χ3n) is 6.35. The van der Waals surface area contributed by atoms with Gasteiger partial charge in [-0.1, -0.05) is 74.0 Å². The van der Waals surface area contributed by atoms with Gasteiger partial charge in [0.25, 0.3) is 0 Å². The number of esters is 1. The molecule has 0 atom stereocenters. The number of carbonyl (C=O) groups is 1. The first-order chi connectivity index (χ1) is 18.6. The number of hydrogen-bond donors (Lipinski definition) is 1. The SMILES string of the molecule is CCCCc1nn(-c2ccccc2C(=O)OC)c(=O)n1Cc1ccc(-c2ccccc2-c2nn[nH]n2)cc1. The Bertz CT molecular complexity index is 1600. The van der Waals surface area contributed by atoms with Crippen molar-refractivity contribution in [3.63, 3.8) is 0 Å². The second kappa shape index (κ2) is 11.0. The van der Waals surface area contributed by atoms with Gasteiger partial charge in [-0.3, -0.25) is 4.57 Å². The molecule has 5 aromatic rings. The number of aromatic nitrogens is 7. The molecule has 0 spiro atoms. The Morgan fingerprint density at radius 3 is 2.42 bits per heavy atom. The number of H-pyrrole nitrogens is 1. The van der Waals surface area contributed by atoms with Gasteiger partial charge in [0.1, 0.15) is 5.82 Å². The molecule has 192 valence electrons. The number of methoxy groups -OCH3 is 1. The van der Waals surface area contributed by atoms with Crippen LogP contribution in [0.1, 0.15) is 41.5 Å².